The van der Waals surface area contributed by atoms with E-state index in [9.17, 15) is 9.59 Å². The Morgan fingerprint density at radius 2 is 1.95 bits per heavy atom. The molecule has 0 spiro atoms. The quantitative estimate of drug-likeness (QED) is 0.623. The van der Waals surface area contributed by atoms with Crippen LogP contribution in [0.15, 0.2) is 0 Å². The van der Waals surface area contributed by atoms with E-state index >= 15 is 0 Å². The van der Waals surface area contributed by atoms with Crippen LogP contribution in [0.3, 0.4) is 0 Å². The monoisotopic (exact) mass is 314 g/mol. The Morgan fingerprint density at radius 3 is 2.59 bits per heavy atom. The molecule has 6 heteroatoms. The van der Waals surface area contributed by atoms with Crippen molar-refractivity contribution in [3.05, 3.63) is 0 Å². The van der Waals surface area contributed by atoms with Crippen LogP contribution >= 0.6 is 0 Å². The molecule has 0 bridgehead atoms. The minimum atomic E-state index is -0.449. The lowest BCUT2D eigenvalue weighted by Crippen LogP contribution is -2.38. The van der Waals surface area contributed by atoms with Crippen LogP contribution in [0.4, 0.5) is 4.79 Å². The van der Waals surface area contributed by atoms with Gasteiger partial charge in [0.1, 0.15) is 5.60 Å². The third kappa shape index (κ3) is 7.64. The van der Waals surface area contributed by atoms with Gasteiger partial charge in [-0.1, -0.05) is 0 Å². The van der Waals surface area contributed by atoms with Crippen LogP contribution in [0.1, 0.15) is 52.9 Å². The average Bonchev–Trinajstić information content (AvgIpc) is 2.67. The van der Waals surface area contributed by atoms with E-state index in [2.05, 4.69) is 10.1 Å². The van der Waals surface area contributed by atoms with Gasteiger partial charge in [0.25, 0.3) is 0 Å². The summed E-state index contributed by atoms with van der Waals surface area (Å²) in [6, 6.07) is 0.394. The zero-order valence-corrected chi connectivity index (χ0v) is 14.3. The van der Waals surface area contributed by atoms with Crippen LogP contribution in [-0.4, -0.2) is 55.3 Å². The Morgan fingerprint density at radius 1 is 1.23 bits per heavy atom. The Balaban J connectivity index is 2.27. The van der Waals surface area contributed by atoms with Gasteiger partial charge in [-0.25, -0.2) is 4.79 Å². The van der Waals surface area contributed by atoms with Gasteiger partial charge in [0, 0.05) is 25.6 Å². The topological polar surface area (TPSA) is 67.9 Å². The summed E-state index contributed by atoms with van der Waals surface area (Å²) in [5.74, 6) is -0.168. The number of amides is 1. The van der Waals surface area contributed by atoms with E-state index in [1.54, 1.807) is 4.90 Å². The summed E-state index contributed by atoms with van der Waals surface area (Å²) in [6.07, 6.45) is 3.92. The van der Waals surface area contributed by atoms with E-state index in [0.717, 1.165) is 38.8 Å². The number of likely N-dealkylation sites (tertiary alicyclic amines) is 1. The fourth-order valence-corrected chi connectivity index (χ4v) is 2.45. The summed E-state index contributed by atoms with van der Waals surface area (Å²) in [5.41, 5.74) is -0.449. The largest absolute Gasteiger partial charge is 0.469 e. The molecular weight excluding hydrogens is 284 g/mol. The van der Waals surface area contributed by atoms with Crippen LogP contribution in [0, 0.1) is 0 Å². The van der Waals surface area contributed by atoms with E-state index < -0.39 is 5.60 Å². The second-order valence-corrected chi connectivity index (χ2v) is 6.73. The molecule has 22 heavy (non-hydrogen) atoms. The number of methoxy groups -OCH3 is 1. The summed E-state index contributed by atoms with van der Waals surface area (Å²) in [6.45, 7) is 7.90. The third-order valence-corrected chi connectivity index (χ3v) is 3.60. The van der Waals surface area contributed by atoms with Gasteiger partial charge in [-0.2, -0.15) is 0 Å². The highest BCUT2D eigenvalue weighted by Gasteiger charge is 2.24. The number of nitrogens with zero attached hydrogens (tertiary/aromatic N) is 1. The third-order valence-electron chi connectivity index (χ3n) is 3.60. The molecule has 0 aromatic rings. The molecule has 0 aromatic heterocycles. The summed E-state index contributed by atoms with van der Waals surface area (Å²) >= 11 is 0. The molecule has 1 heterocycles. The first-order valence-corrected chi connectivity index (χ1v) is 8.10. The van der Waals surface area contributed by atoms with Crippen LogP contribution in [0.2, 0.25) is 0 Å². The SMILES string of the molecule is COC(=O)CCCNC1CCCN(C(=O)OC(C)(C)C)CC1. The number of ether oxygens (including phenoxy) is 2. The fraction of sp³-hybridized carbons (Fsp3) is 0.875. The first kappa shape index (κ1) is 18.7. The first-order chi connectivity index (χ1) is 10.3. The van der Waals surface area contributed by atoms with Gasteiger partial charge in [-0.3, -0.25) is 4.79 Å². The summed E-state index contributed by atoms with van der Waals surface area (Å²) in [4.78, 5) is 24.9. The highest BCUT2D eigenvalue weighted by molar-refractivity contribution is 5.69. The van der Waals surface area contributed by atoms with Crippen molar-refractivity contribution < 1.29 is 19.1 Å². The smallest absolute Gasteiger partial charge is 0.410 e. The molecular formula is C16H30N2O4. The van der Waals surface area contributed by atoms with Crippen molar-refractivity contribution in [1.29, 1.82) is 0 Å². The number of esters is 1. The fourth-order valence-electron chi connectivity index (χ4n) is 2.45. The summed E-state index contributed by atoms with van der Waals surface area (Å²) in [7, 11) is 1.41. The van der Waals surface area contributed by atoms with Gasteiger partial charge in [-0.05, 0) is 53.0 Å². The highest BCUT2D eigenvalue weighted by atomic mass is 16.6. The molecule has 1 saturated heterocycles. The zero-order chi connectivity index (χ0) is 16.6. The molecule has 1 aliphatic heterocycles. The van der Waals surface area contributed by atoms with Crippen molar-refractivity contribution in [3.63, 3.8) is 0 Å². The number of nitrogens with one attached hydrogen (secondary N) is 1. The zero-order valence-electron chi connectivity index (χ0n) is 14.3. The normalized spacial score (nSPS) is 19.5. The molecule has 0 aliphatic carbocycles. The predicted molar refractivity (Wildman–Crippen MR) is 84.7 cm³/mol. The molecule has 0 saturated carbocycles. The number of carbonyl (C=O) groups is 2. The highest BCUT2D eigenvalue weighted by Crippen LogP contribution is 2.15. The van der Waals surface area contributed by atoms with Crippen molar-refractivity contribution >= 4 is 12.1 Å². The van der Waals surface area contributed by atoms with Gasteiger partial charge in [-0.15, -0.1) is 0 Å². The second-order valence-electron chi connectivity index (χ2n) is 6.73. The average molecular weight is 314 g/mol. The maximum atomic E-state index is 12.1. The molecule has 128 valence electrons. The molecule has 1 atom stereocenters. The molecule has 0 radical (unpaired) electrons. The number of hydrogen-bond acceptors (Lipinski definition) is 5. The van der Waals surface area contributed by atoms with Crippen LogP contribution in [0.5, 0.6) is 0 Å². The lowest BCUT2D eigenvalue weighted by atomic mass is 10.1. The lowest BCUT2D eigenvalue weighted by Gasteiger charge is -2.26. The maximum Gasteiger partial charge on any atom is 0.410 e. The van der Waals surface area contributed by atoms with Crippen LogP contribution in [-0.2, 0) is 14.3 Å². The van der Waals surface area contributed by atoms with Gasteiger partial charge < -0.3 is 19.7 Å². The Hall–Kier alpha value is -1.30. The number of carbonyl (C=O) groups excluding carboxylic acids is 2. The molecule has 1 amide bonds. The molecule has 1 unspecified atom stereocenters. The van der Waals surface area contributed by atoms with Crippen LogP contribution < -0.4 is 5.32 Å². The Labute approximate surface area is 133 Å². The van der Waals surface area contributed by atoms with E-state index in [1.165, 1.54) is 7.11 Å². The Kier molecular flexibility index (Phi) is 7.65. The molecule has 1 N–H and O–H groups in total. The van der Waals surface area contributed by atoms with Gasteiger partial charge in [0.2, 0.25) is 0 Å². The standard InChI is InChI=1S/C16H30N2O4/c1-16(2,3)22-15(20)18-11-6-7-13(9-12-18)17-10-5-8-14(19)21-4/h13,17H,5-12H2,1-4H3. The van der Waals surface area contributed by atoms with E-state index in [4.69, 9.17) is 4.74 Å². The van der Waals surface area contributed by atoms with Crippen molar-refractivity contribution in [2.24, 2.45) is 0 Å². The minimum absolute atomic E-state index is 0.168. The van der Waals surface area contributed by atoms with Gasteiger partial charge in [0.15, 0.2) is 0 Å². The van der Waals surface area contributed by atoms with Gasteiger partial charge >= 0.3 is 12.1 Å². The Bertz CT molecular complexity index is 366. The predicted octanol–water partition coefficient (Wildman–Crippen LogP) is 2.32. The van der Waals surface area contributed by atoms with E-state index in [1.807, 2.05) is 20.8 Å². The molecule has 6 nitrogen and oxygen atoms in total. The van der Waals surface area contributed by atoms with E-state index in [-0.39, 0.29) is 12.1 Å². The van der Waals surface area contributed by atoms with Crippen molar-refractivity contribution in [3.8, 4) is 0 Å². The van der Waals surface area contributed by atoms with Crippen molar-refractivity contribution in [2.45, 2.75) is 64.5 Å². The lowest BCUT2D eigenvalue weighted by molar-refractivity contribution is -0.140. The summed E-state index contributed by atoms with van der Waals surface area (Å²) < 4.78 is 10.0. The number of rotatable bonds is 5. The van der Waals surface area contributed by atoms with Crippen molar-refractivity contribution in [1.82, 2.24) is 10.2 Å². The van der Waals surface area contributed by atoms with E-state index in [0.29, 0.717) is 19.0 Å². The maximum absolute atomic E-state index is 12.1. The first-order valence-electron chi connectivity index (χ1n) is 8.10. The molecule has 0 aromatic carbocycles. The molecule has 1 aliphatic rings. The van der Waals surface area contributed by atoms with Crippen LogP contribution in [0.25, 0.3) is 0 Å². The summed E-state index contributed by atoms with van der Waals surface area (Å²) in [5, 5.41) is 3.46. The molecule has 1 rings (SSSR count). The number of hydrogen-bond donors (Lipinski definition) is 1. The second kappa shape index (κ2) is 8.98. The molecule has 1 fully saturated rings. The van der Waals surface area contributed by atoms with Crippen molar-refractivity contribution in [2.75, 3.05) is 26.7 Å². The minimum Gasteiger partial charge on any atom is -0.469 e. The van der Waals surface area contributed by atoms with Gasteiger partial charge in [0.05, 0.1) is 7.11 Å².